The Labute approximate surface area is 112 Å². The molecule has 0 saturated carbocycles. The topological polar surface area (TPSA) is 29.1 Å². The van der Waals surface area contributed by atoms with Gasteiger partial charge in [0.1, 0.15) is 5.82 Å². The van der Waals surface area contributed by atoms with E-state index >= 15 is 0 Å². The molecule has 0 spiro atoms. The fourth-order valence-corrected chi connectivity index (χ4v) is 1.92. The average Bonchev–Trinajstić information content (AvgIpc) is 2.42. The van der Waals surface area contributed by atoms with Gasteiger partial charge in [-0.3, -0.25) is 4.79 Å². The molecule has 0 aliphatic carbocycles. The van der Waals surface area contributed by atoms with Crippen LogP contribution in [0.1, 0.15) is 34.5 Å². The van der Waals surface area contributed by atoms with Crippen LogP contribution in [0.4, 0.5) is 4.39 Å². The lowest BCUT2D eigenvalue weighted by Gasteiger charge is -2.15. The largest absolute Gasteiger partial charge is 0.345 e. The quantitative estimate of drug-likeness (QED) is 0.893. The van der Waals surface area contributed by atoms with Gasteiger partial charge in [-0.1, -0.05) is 42.5 Å². The van der Waals surface area contributed by atoms with Gasteiger partial charge in [0, 0.05) is 0 Å². The van der Waals surface area contributed by atoms with Gasteiger partial charge in [-0.15, -0.1) is 0 Å². The van der Waals surface area contributed by atoms with Gasteiger partial charge in [-0.2, -0.15) is 0 Å². The number of hydrogen-bond acceptors (Lipinski definition) is 1. The minimum atomic E-state index is -0.458. The first-order chi connectivity index (χ1) is 9.09. The number of aryl methyl sites for hydroxylation is 1. The molecule has 0 heterocycles. The van der Waals surface area contributed by atoms with E-state index in [-0.39, 0.29) is 11.6 Å². The highest BCUT2D eigenvalue weighted by atomic mass is 19.1. The second-order valence-corrected chi connectivity index (χ2v) is 4.54. The molecule has 0 radical (unpaired) electrons. The molecule has 0 aliphatic heterocycles. The van der Waals surface area contributed by atoms with Crippen LogP contribution in [0.3, 0.4) is 0 Å². The van der Waals surface area contributed by atoms with Gasteiger partial charge in [-0.25, -0.2) is 4.39 Å². The molecule has 2 aromatic carbocycles. The number of halogens is 1. The Morgan fingerprint density at radius 2 is 1.79 bits per heavy atom. The maximum atomic E-state index is 13.8. The van der Waals surface area contributed by atoms with E-state index < -0.39 is 11.7 Å². The molecular weight excluding hydrogens is 241 g/mol. The Morgan fingerprint density at radius 1 is 1.11 bits per heavy atom. The molecule has 0 fully saturated rings. The minimum Gasteiger partial charge on any atom is -0.345 e. The van der Waals surface area contributed by atoms with Crippen LogP contribution in [0.2, 0.25) is 0 Å². The molecule has 3 heteroatoms. The molecule has 0 aromatic heterocycles. The normalized spacial score (nSPS) is 11.9. The van der Waals surface area contributed by atoms with Gasteiger partial charge in [-0.05, 0) is 31.0 Å². The Kier molecular flexibility index (Phi) is 3.95. The highest BCUT2D eigenvalue weighted by molar-refractivity contribution is 5.94. The second-order valence-electron chi connectivity index (χ2n) is 4.54. The van der Waals surface area contributed by atoms with Gasteiger partial charge in [0.25, 0.3) is 5.91 Å². The number of amides is 1. The zero-order valence-corrected chi connectivity index (χ0v) is 11.0. The fraction of sp³-hybridized carbons (Fsp3) is 0.188. The summed E-state index contributed by atoms with van der Waals surface area (Å²) in [6.45, 7) is 3.52. The first-order valence-electron chi connectivity index (χ1n) is 6.20. The van der Waals surface area contributed by atoms with Crippen molar-refractivity contribution in [2.24, 2.45) is 0 Å². The summed E-state index contributed by atoms with van der Waals surface area (Å²) in [5.74, 6) is -0.849. The number of hydrogen-bond donors (Lipinski definition) is 1. The summed E-state index contributed by atoms with van der Waals surface area (Å²) in [6, 6.07) is 14.3. The van der Waals surface area contributed by atoms with Crippen LogP contribution < -0.4 is 5.32 Å². The maximum Gasteiger partial charge on any atom is 0.254 e. The highest BCUT2D eigenvalue weighted by Crippen LogP contribution is 2.15. The molecule has 1 N–H and O–H groups in total. The molecule has 2 nitrogen and oxygen atoms in total. The van der Waals surface area contributed by atoms with Crippen molar-refractivity contribution in [3.8, 4) is 0 Å². The summed E-state index contributed by atoms with van der Waals surface area (Å²) in [4.78, 5) is 12.1. The Balaban J connectivity index is 2.16. The van der Waals surface area contributed by atoms with Gasteiger partial charge < -0.3 is 5.32 Å². The van der Waals surface area contributed by atoms with Crippen molar-refractivity contribution in [2.75, 3.05) is 0 Å². The molecule has 98 valence electrons. The molecule has 2 aromatic rings. The predicted molar refractivity (Wildman–Crippen MR) is 73.5 cm³/mol. The van der Waals surface area contributed by atoms with Gasteiger partial charge in [0.05, 0.1) is 11.6 Å². The van der Waals surface area contributed by atoms with Crippen LogP contribution in [0.5, 0.6) is 0 Å². The van der Waals surface area contributed by atoms with Gasteiger partial charge >= 0.3 is 0 Å². The van der Waals surface area contributed by atoms with Crippen LogP contribution in [0.15, 0.2) is 48.5 Å². The molecule has 1 unspecified atom stereocenters. The van der Waals surface area contributed by atoms with Crippen molar-refractivity contribution in [3.63, 3.8) is 0 Å². The third kappa shape index (κ3) is 2.99. The van der Waals surface area contributed by atoms with Crippen molar-refractivity contribution in [1.29, 1.82) is 0 Å². The molecular formula is C16H16FNO. The van der Waals surface area contributed by atoms with Crippen molar-refractivity contribution in [2.45, 2.75) is 19.9 Å². The molecule has 0 aliphatic rings. The highest BCUT2D eigenvalue weighted by Gasteiger charge is 2.15. The molecule has 1 amide bonds. The fourth-order valence-electron chi connectivity index (χ4n) is 1.92. The smallest absolute Gasteiger partial charge is 0.254 e. The van der Waals surface area contributed by atoms with Crippen molar-refractivity contribution in [1.82, 2.24) is 5.32 Å². The van der Waals surface area contributed by atoms with E-state index in [0.717, 1.165) is 5.56 Å². The van der Waals surface area contributed by atoms with E-state index in [9.17, 15) is 9.18 Å². The zero-order chi connectivity index (χ0) is 13.8. The molecule has 0 saturated heterocycles. The predicted octanol–water partition coefficient (Wildman–Crippen LogP) is 3.63. The van der Waals surface area contributed by atoms with E-state index in [1.165, 1.54) is 6.07 Å². The Hall–Kier alpha value is -2.16. The van der Waals surface area contributed by atoms with Crippen molar-refractivity contribution >= 4 is 5.91 Å². The van der Waals surface area contributed by atoms with E-state index in [1.54, 1.807) is 19.1 Å². The first kappa shape index (κ1) is 13.3. The van der Waals surface area contributed by atoms with E-state index in [2.05, 4.69) is 5.32 Å². The molecule has 0 bridgehead atoms. The number of carbonyl (C=O) groups is 1. The van der Waals surface area contributed by atoms with E-state index in [4.69, 9.17) is 0 Å². The lowest BCUT2D eigenvalue weighted by Crippen LogP contribution is -2.27. The molecule has 1 atom stereocenters. The summed E-state index contributed by atoms with van der Waals surface area (Å²) in [5, 5.41) is 2.80. The van der Waals surface area contributed by atoms with Gasteiger partial charge in [0.15, 0.2) is 0 Å². The Bertz CT molecular complexity index is 581. The molecule has 2 rings (SSSR count). The summed E-state index contributed by atoms with van der Waals surface area (Å²) in [7, 11) is 0. The summed E-state index contributed by atoms with van der Waals surface area (Å²) < 4.78 is 13.8. The van der Waals surface area contributed by atoms with E-state index in [0.29, 0.717) is 5.56 Å². The Morgan fingerprint density at radius 3 is 2.47 bits per heavy atom. The molecule has 19 heavy (non-hydrogen) atoms. The lowest BCUT2D eigenvalue weighted by atomic mass is 10.1. The van der Waals surface area contributed by atoms with Crippen LogP contribution >= 0.6 is 0 Å². The summed E-state index contributed by atoms with van der Waals surface area (Å²) in [6.07, 6.45) is 0. The standard InChI is InChI=1S/C16H16FNO/c1-11-7-6-10-14(15(11)17)16(19)18-12(2)13-8-4-3-5-9-13/h3-10,12H,1-2H3,(H,18,19). The SMILES string of the molecule is Cc1cccc(C(=O)NC(C)c2ccccc2)c1F. The second kappa shape index (κ2) is 5.65. The number of nitrogens with one attached hydrogen (secondary N) is 1. The summed E-state index contributed by atoms with van der Waals surface area (Å²) in [5.41, 5.74) is 1.55. The lowest BCUT2D eigenvalue weighted by molar-refractivity contribution is 0.0935. The van der Waals surface area contributed by atoms with Crippen LogP contribution in [-0.2, 0) is 0 Å². The third-order valence-electron chi connectivity index (χ3n) is 3.08. The number of carbonyl (C=O) groups excluding carboxylic acids is 1. The van der Waals surface area contributed by atoms with Crippen molar-refractivity contribution in [3.05, 3.63) is 71.0 Å². The van der Waals surface area contributed by atoms with E-state index in [1.807, 2.05) is 37.3 Å². The summed E-state index contributed by atoms with van der Waals surface area (Å²) >= 11 is 0. The number of rotatable bonds is 3. The first-order valence-corrected chi connectivity index (χ1v) is 6.20. The van der Waals surface area contributed by atoms with Crippen LogP contribution in [0.25, 0.3) is 0 Å². The van der Waals surface area contributed by atoms with Crippen LogP contribution in [0, 0.1) is 12.7 Å². The minimum absolute atomic E-state index is 0.0859. The number of benzene rings is 2. The van der Waals surface area contributed by atoms with Crippen LogP contribution in [-0.4, -0.2) is 5.91 Å². The monoisotopic (exact) mass is 257 g/mol. The average molecular weight is 257 g/mol. The third-order valence-corrected chi connectivity index (χ3v) is 3.08. The maximum absolute atomic E-state index is 13.8. The zero-order valence-electron chi connectivity index (χ0n) is 11.0. The van der Waals surface area contributed by atoms with Crippen molar-refractivity contribution < 1.29 is 9.18 Å². The van der Waals surface area contributed by atoms with Gasteiger partial charge in [0.2, 0.25) is 0 Å².